The van der Waals surface area contributed by atoms with Crippen molar-refractivity contribution in [3.05, 3.63) is 132 Å². The molecule has 2 N–H and O–H groups in total. The van der Waals surface area contributed by atoms with Gasteiger partial charge in [0.15, 0.2) is 5.16 Å². The molecule has 184 valence electrons. The van der Waals surface area contributed by atoms with Gasteiger partial charge in [0.1, 0.15) is 0 Å². The van der Waals surface area contributed by atoms with E-state index in [9.17, 15) is 4.79 Å². The molecule has 0 bridgehead atoms. The summed E-state index contributed by atoms with van der Waals surface area (Å²) in [5.41, 5.74) is 6.17. The highest BCUT2D eigenvalue weighted by atomic mass is 32.2. The molecule has 4 nitrogen and oxygen atoms in total. The van der Waals surface area contributed by atoms with E-state index < -0.39 is 0 Å². The molecule has 0 saturated carbocycles. The Bertz CT molecular complexity index is 1310. The van der Waals surface area contributed by atoms with Gasteiger partial charge in [-0.25, -0.2) is 4.98 Å². The van der Waals surface area contributed by atoms with Crippen molar-refractivity contribution in [3.63, 3.8) is 0 Å². The third-order valence-corrected chi connectivity index (χ3v) is 7.14. The summed E-state index contributed by atoms with van der Waals surface area (Å²) in [4.78, 5) is 21.6. The minimum atomic E-state index is -0.318. The predicted octanol–water partition coefficient (Wildman–Crippen LogP) is 7.17. The first-order chi connectivity index (χ1) is 18.3. The molecule has 0 aliphatic rings. The summed E-state index contributed by atoms with van der Waals surface area (Å²) in [5, 5.41) is 4.04. The molecule has 0 aliphatic heterocycles. The minimum Gasteiger partial charge on any atom is -0.355 e. The number of carbonyl (C=O) groups excluding carboxylic acids is 1. The molecule has 0 aliphatic carbocycles. The average Bonchev–Trinajstić information content (AvgIpc) is 3.39. The Morgan fingerprint density at radius 2 is 1.24 bits per heavy atom. The van der Waals surface area contributed by atoms with Gasteiger partial charge in [-0.15, -0.1) is 0 Å². The van der Waals surface area contributed by atoms with Gasteiger partial charge in [0, 0.05) is 23.4 Å². The Kier molecular flexibility index (Phi) is 8.14. The molecule has 0 saturated heterocycles. The molecule has 5 aromatic rings. The zero-order valence-electron chi connectivity index (χ0n) is 20.5. The lowest BCUT2D eigenvalue weighted by atomic mass is 9.90. The van der Waals surface area contributed by atoms with Gasteiger partial charge in [-0.2, -0.15) is 0 Å². The van der Waals surface area contributed by atoms with Gasteiger partial charge in [-0.05, 0) is 17.5 Å². The molecule has 5 rings (SSSR count). The molecule has 1 amide bonds. The maximum atomic E-state index is 13.2. The number of hydrogen-bond acceptors (Lipinski definition) is 3. The lowest BCUT2D eigenvalue weighted by molar-refractivity contribution is -0.121. The average molecular weight is 504 g/mol. The first-order valence-electron chi connectivity index (χ1n) is 12.5. The Hall–Kier alpha value is -4.09. The van der Waals surface area contributed by atoms with E-state index >= 15 is 0 Å². The smallest absolute Gasteiger partial charge is 0.232 e. The van der Waals surface area contributed by atoms with E-state index in [2.05, 4.69) is 34.6 Å². The number of amides is 1. The van der Waals surface area contributed by atoms with Crippen LogP contribution in [0.25, 0.3) is 22.5 Å². The van der Waals surface area contributed by atoms with E-state index in [4.69, 9.17) is 4.98 Å². The van der Waals surface area contributed by atoms with E-state index in [1.54, 1.807) is 11.8 Å². The fourth-order valence-electron chi connectivity index (χ4n) is 4.38. The first kappa shape index (κ1) is 24.6. The molecule has 37 heavy (non-hydrogen) atoms. The molecular weight excluding hydrogens is 474 g/mol. The zero-order valence-corrected chi connectivity index (χ0v) is 21.3. The third-order valence-electron chi connectivity index (χ3n) is 6.18. The summed E-state index contributed by atoms with van der Waals surface area (Å²) < 4.78 is 0. The van der Waals surface area contributed by atoms with Gasteiger partial charge < -0.3 is 10.3 Å². The Balaban J connectivity index is 1.22. The van der Waals surface area contributed by atoms with Crippen LogP contribution in [0.3, 0.4) is 0 Å². The van der Waals surface area contributed by atoms with Crippen LogP contribution in [0.4, 0.5) is 0 Å². The number of hydrogen-bond donors (Lipinski definition) is 2. The van der Waals surface area contributed by atoms with Crippen LogP contribution in [-0.4, -0.2) is 28.2 Å². The number of nitrogens with one attached hydrogen (secondary N) is 2. The van der Waals surface area contributed by atoms with Crippen LogP contribution in [0.2, 0.25) is 0 Å². The second-order valence-corrected chi connectivity index (χ2v) is 9.83. The molecule has 0 unspecified atom stereocenters. The maximum absolute atomic E-state index is 13.2. The van der Waals surface area contributed by atoms with Gasteiger partial charge in [-0.3, -0.25) is 4.79 Å². The van der Waals surface area contributed by atoms with Crippen LogP contribution in [-0.2, 0) is 4.79 Å². The SMILES string of the molecule is O=C(NCCCSc1nc(-c2ccccc2)c(-c2ccccc2)[nH]1)C(c1ccccc1)c1ccccc1. The number of aromatic amines is 1. The van der Waals surface area contributed by atoms with Crippen molar-refractivity contribution in [2.75, 3.05) is 12.3 Å². The van der Waals surface area contributed by atoms with E-state index in [0.717, 1.165) is 51.0 Å². The molecule has 0 radical (unpaired) electrons. The standard InChI is InChI=1S/C32H29N3OS/c36-31(28(24-14-5-1-6-15-24)25-16-7-2-8-17-25)33-22-13-23-37-32-34-29(26-18-9-3-10-19-26)30(35-32)27-20-11-4-12-21-27/h1-12,14-21,28H,13,22-23H2,(H,33,36)(H,34,35). The van der Waals surface area contributed by atoms with E-state index in [1.165, 1.54) is 0 Å². The summed E-state index contributed by atoms with van der Waals surface area (Å²) in [7, 11) is 0. The number of aromatic nitrogens is 2. The van der Waals surface area contributed by atoms with E-state index in [-0.39, 0.29) is 11.8 Å². The molecule has 1 aromatic heterocycles. The zero-order chi connectivity index (χ0) is 25.3. The number of H-pyrrole nitrogens is 1. The largest absolute Gasteiger partial charge is 0.355 e. The van der Waals surface area contributed by atoms with Gasteiger partial charge in [0.2, 0.25) is 5.91 Å². The van der Waals surface area contributed by atoms with Crippen LogP contribution in [0.5, 0.6) is 0 Å². The second-order valence-electron chi connectivity index (χ2n) is 8.75. The van der Waals surface area contributed by atoms with Crippen molar-refractivity contribution in [3.8, 4) is 22.5 Å². The molecule has 4 aromatic carbocycles. The van der Waals surface area contributed by atoms with Gasteiger partial charge in [-0.1, -0.05) is 133 Å². The van der Waals surface area contributed by atoms with E-state index in [1.807, 2.05) is 97.1 Å². The van der Waals surface area contributed by atoms with Crippen LogP contribution < -0.4 is 5.32 Å². The van der Waals surface area contributed by atoms with Crippen molar-refractivity contribution in [2.45, 2.75) is 17.5 Å². The summed E-state index contributed by atoms with van der Waals surface area (Å²) in [6, 6.07) is 40.5. The number of thioether (sulfide) groups is 1. The number of benzene rings is 4. The van der Waals surface area contributed by atoms with Gasteiger partial charge >= 0.3 is 0 Å². The lowest BCUT2D eigenvalue weighted by Crippen LogP contribution is -2.31. The van der Waals surface area contributed by atoms with Crippen LogP contribution in [0, 0.1) is 0 Å². The number of carbonyl (C=O) groups is 1. The van der Waals surface area contributed by atoms with Crippen molar-refractivity contribution >= 4 is 17.7 Å². The van der Waals surface area contributed by atoms with Crippen molar-refractivity contribution < 1.29 is 4.79 Å². The number of nitrogens with zero attached hydrogens (tertiary/aromatic N) is 1. The van der Waals surface area contributed by atoms with Crippen LogP contribution >= 0.6 is 11.8 Å². The number of imidazole rings is 1. The first-order valence-corrected chi connectivity index (χ1v) is 13.5. The Morgan fingerprint density at radius 3 is 1.81 bits per heavy atom. The van der Waals surface area contributed by atoms with Crippen molar-refractivity contribution in [2.24, 2.45) is 0 Å². The summed E-state index contributed by atoms with van der Waals surface area (Å²) in [6.45, 7) is 0.611. The van der Waals surface area contributed by atoms with Crippen LogP contribution in [0.1, 0.15) is 23.5 Å². The maximum Gasteiger partial charge on any atom is 0.232 e. The summed E-state index contributed by atoms with van der Waals surface area (Å²) in [6.07, 6.45) is 0.842. The van der Waals surface area contributed by atoms with E-state index in [0.29, 0.717) is 6.54 Å². The van der Waals surface area contributed by atoms with Crippen LogP contribution in [0.15, 0.2) is 126 Å². The monoisotopic (exact) mass is 503 g/mol. The Labute approximate surface area is 222 Å². The normalized spacial score (nSPS) is 10.9. The molecule has 1 heterocycles. The lowest BCUT2D eigenvalue weighted by Gasteiger charge is -2.17. The summed E-state index contributed by atoms with van der Waals surface area (Å²) in [5.74, 6) is 0.553. The van der Waals surface area contributed by atoms with Crippen molar-refractivity contribution in [1.29, 1.82) is 0 Å². The number of rotatable bonds is 10. The molecule has 0 fully saturated rings. The van der Waals surface area contributed by atoms with Gasteiger partial charge in [0.25, 0.3) is 0 Å². The van der Waals surface area contributed by atoms with Gasteiger partial charge in [0.05, 0.1) is 17.3 Å². The molecule has 0 spiro atoms. The summed E-state index contributed by atoms with van der Waals surface area (Å²) >= 11 is 1.68. The Morgan fingerprint density at radius 1 is 0.730 bits per heavy atom. The minimum absolute atomic E-state index is 0.0260. The predicted molar refractivity (Wildman–Crippen MR) is 153 cm³/mol. The van der Waals surface area contributed by atoms with Crippen molar-refractivity contribution in [1.82, 2.24) is 15.3 Å². The third kappa shape index (κ3) is 6.19. The highest BCUT2D eigenvalue weighted by molar-refractivity contribution is 7.99. The quantitative estimate of drug-likeness (QED) is 0.157. The highest BCUT2D eigenvalue weighted by Gasteiger charge is 2.22. The molecule has 5 heteroatoms. The highest BCUT2D eigenvalue weighted by Crippen LogP contribution is 2.32. The fourth-order valence-corrected chi connectivity index (χ4v) is 5.19. The topological polar surface area (TPSA) is 57.8 Å². The molecule has 0 atom stereocenters. The second kappa shape index (κ2) is 12.2. The fraction of sp³-hybridized carbons (Fsp3) is 0.125. The molecular formula is C32H29N3OS.